The Hall–Kier alpha value is -1.48. The molecule has 18 heavy (non-hydrogen) atoms. The van der Waals surface area contributed by atoms with Crippen LogP contribution < -0.4 is 0 Å². The number of rotatable bonds is 0. The first-order chi connectivity index (χ1) is 8.43. The molecule has 0 amide bonds. The van der Waals surface area contributed by atoms with E-state index in [4.69, 9.17) is 0 Å². The smallest absolute Gasteiger partial charge is 0.0782 e. The van der Waals surface area contributed by atoms with Gasteiger partial charge < -0.3 is 0 Å². The van der Waals surface area contributed by atoms with Crippen LogP contribution in [0.3, 0.4) is 0 Å². The van der Waals surface area contributed by atoms with Crippen molar-refractivity contribution < 1.29 is 21.1 Å². The molecule has 0 fully saturated rings. The summed E-state index contributed by atoms with van der Waals surface area (Å²) in [6.07, 6.45) is 10.6. The Labute approximate surface area is 121 Å². The fraction of sp³-hybridized carbons (Fsp3) is 0.0588. The fourth-order valence-electron chi connectivity index (χ4n) is 2.75. The zero-order chi connectivity index (χ0) is 11.2. The maximum atomic E-state index is 3.38. The van der Waals surface area contributed by atoms with Gasteiger partial charge in [0.25, 0.3) is 0 Å². The van der Waals surface area contributed by atoms with Gasteiger partial charge in [-0.15, -0.1) is 12.1 Å². The monoisotopic (exact) mass is 409 g/mol. The summed E-state index contributed by atoms with van der Waals surface area (Å²) in [5, 5.41) is 2.66. The molecule has 0 N–H and O–H groups in total. The van der Waals surface area contributed by atoms with E-state index in [1.807, 2.05) is 12.1 Å². The van der Waals surface area contributed by atoms with Crippen LogP contribution in [-0.4, -0.2) is 0 Å². The van der Waals surface area contributed by atoms with Gasteiger partial charge in [0, 0.05) is 45.2 Å². The van der Waals surface area contributed by atoms with E-state index in [2.05, 4.69) is 48.6 Å². The zero-order valence-corrected chi connectivity index (χ0v) is 11.9. The first kappa shape index (κ1) is 11.6. The Morgan fingerprint density at radius 3 is 3.06 bits per heavy atom. The third-order valence-corrected chi connectivity index (χ3v) is 3.50. The molecule has 2 aliphatic carbocycles. The zero-order valence-electron chi connectivity index (χ0n) is 9.64. The molecule has 2 aromatic rings. The summed E-state index contributed by atoms with van der Waals surface area (Å²) < 4.78 is 0. The molecule has 0 saturated heterocycles. The van der Waals surface area contributed by atoms with Crippen LogP contribution in [0, 0.1) is 12.1 Å². The van der Waals surface area contributed by atoms with E-state index in [9.17, 15) is 0 Å². The van der Waals surface area contributed by atoms with Crippen LogP contribution in [0.1, 0.15) is 11.1 Å². The molecule has 0 aromatic heterocycles. The number of fused-ring (bicyclic) bond motifs is 2. The van der Waals surface area contributed by atoms with Gasteiger partial charge in [0.05, 0.1) is 11.6 Å². The maximum Gasteiger partial charge on any atom is 0.0782 e. The van der Waals surface area contributed by atoms with Gasteiger partial charge in [-0.25, -0.2) is 0 Å². The van der Waals surface area contributed by atoms with Crippen molar-refractivity contribution in [2.45, 2.75) is 6.42 Å². The summed E-state index contributed by atoms with van der Waals surface area (Å²) in [5.74, 6) is 0. The van der Waals surface area contributed by atoms with E-state index in [0.29, 0.717) is 0 Å². The van der Waals surface area contributed by atoms with Gasteiger partial charge in [-0.3, -0.25) is 0 Å². The van der Waals surface area contributed by atoms with Gasteiger partial charge in [0.1, 0.15) is 0 Å². The maximum absolute atomic E-state index is 3.38. The molecule has 2 aromatic carbocycles. The summed E-state index contributed by atoms with van der Waals surface area (Å²) >= 11 is 0. The first-order valence-corrected chi connectivity index (χ1v) is 5.86. The van der Waals surface area contributed by atoms with E-state index >= 15 is 0 Å². The molecular weight excluding hydrogens is 399 g/mol. The van der Waals surface area contributed by atoms with Crippen molar-refractivity contribution in [2.24, 2.45) is 0 Å². The third-order valence-electron chi connectivity index (χ3n) is 3.50. The van der Waals surface area contributed by atoms with Gasteiger partial charge in [-0.1, -0.05) is 40.6 Å². The minimum Gasteiger partial charge on any atom is -0.136 e. The van der Waals surface area contributed by atoms with Crippen LogP contribution >= 0.6 is 0 Å². The van der Waals surface area contributed by atoms with Crippen LogP contribution in [0.4, 0.5) is 0 Å². The Bertz CT molecular complexity index is 712. The van der Waals surface area contributed by atoms with Crippen LogP contribution in [0.5, 0.6) is 0 Å². The van der Waals surface area contributed by atoms with E-state index in [-0.39, 0.29) is 21.1 Å². The number of allylic oxidation sites excluding steroid dienone is 6. The number of hydrogen-bond donors (Lipinski definition) is 0. The summed E-state index contributed by atoms with van der Waals surface area (Å²) in [5.41, 5.74) is 5.19. The van der Waals surface area contributed by atoms with Gasteiger partial charge in [0.15, 0.2) is 0 Å². The van der Waals surface area contributed by atoms with Crippen LogP contribution in [0.25, 0.3) is 16.3 Å². The predicted molar refractivity (Wildman–Crippen MR) is 70.4 cm³/mol. The van der Waals surface area contributed by atoms with Crippen molar-refractivity contribution in [3.05, 3.63) is 77.4 Å². The normalized spacial score (nSPS) is 15.1. The quantitative estimate of drug-likeness (QED) is 0.580. The van der Waals surface area contributed by atoms with Crippen molar-refractivity contribution in [1.29, 1.82) is 0 Å². The van der Waals surface area contributed by atoms with Crippen molar-refractivity contribution >= 4 is 16.3 Å². The Morgan fingerprint density at radius 2 is 2.11 bits per heavy atom. The first-order valence-electron chi connectivity index (χ1n) is 5.86. The van der Waals surface area contributed by atoms with Crippen LogP contribution in [0.15, 0.2) is 54.1 Å². The van der Waals surface area contributed by atoms with Gasteiger partial charge in [0.2, 0.25) is 0 Å². The molecule has 2 aliphatic rings. The van der Waals surface area contributed by atoms with Crippen molar-refractivity contribution in [3.63, 3.8) is 0 Å². The summed E-state index contributed by atoms with van der Waals surface area (Å²) in [6, 6.07) is 14.1. The standard InChI is InChI=1S/C17H10.Pt/c1-2-9-15-13(5-1)11-14-8-3-6-12-7-4-10-16(15)17(12)14;/h1-8H,11H2;. The molecule has 0 saturated carbocycles. The second-order valence-electron chi connectivity index (χ2n) is 4.48. The molecular formula is C17H10Pt. The topological polar surface area (TPSA) is 0 Å². The molecule has 0 unspecified atom stereocenters. The van der Waals surface area contributed by atoms with E-state index in [1.165, 1.54) is 33.0 Å². The number of benzene rings is 2. The molecule has 88 valence electrons. The SMILES string of the molecule is [C+]1=C2C(=CC=C1)Cc1cccc3cc[c-]c2c13.[Pt]. The van der Waals surface area contributed by atoms with Crippen molar-refractivity contribution in [3.8, 4) is 0 Å². The van der Waals surface area contributed by atoms with E-state index < -0.39 is 0 Å². The molecule has 0 radical (unpaired) electrons. The molecule has 0 aliphatic heterocycles. The second-order valence-corrected chi connectivity index (χ2v) is 4.48. The van der Waals surface area contributed by atoms with Gasteiger partial charge in [-0.05, 0) is 11.6 Å². The Kier molecular flexibility index (Phi) is 2.78. The predicted octanol–water partition coefficient (Wildman–Crippen LogP) is 3.88. The van der Waals surface area contributed by atoms with E-state index in [0.717, 1.165) is 6.42 Å². The van der Waals surface area contributed by atoms with Crippen molar-refractivity contribution in [1.82, 2.24) is 0 Å². The largest absolute Gasteiger partial charge is 0.136 e. The van der Waals surface area contributed by atoms with Gasteiger partial charge >= 0.3 is 0 Å². The molecule has 0 spiro atoms. The summed E-state index contributed by atoms with van der Waals surface area (Å²) in [4.78, 5) is 0. The fourth-order valence-corrected chi connectivity index (χ4v) is 2.75. The summed E-state index contributed by atoms with van der Waals surface area (Å²) in [6.45, 7) is 0. The molecule has 4 rings (SSSR count). The molecule has 0 heterocycles. The summed E-state index contributed by atoms with van der Waals surface area (Å²) in [7, 11) is 0. The Balaban J connectivity index is 0.000001000. The minimum absolute atomic E-state index is 0. The average Bonchev–Trinajstić information content (AvgIpc) is 2.39. The Morgan fingerprint density at radius 1 is 1.17 bits per heavy atom. The van der Waals surface area contributed by atoms with Crippen LogP contribution in [0.2, 0.25) is 0 Å². The molecule has 0 nitrogen and oxygen atoms in total. The second kappa shape index (κ2) is 4.32. The van der Waals surface area contributed by atoms with Crippen molar-refractivity contribution in [2.75, 3.05) is 0 Å². The molecule has 0 atom stereocenters. The van der Waals surface area contributed by atoms with Gasteiger partial charge in [-0.2, -0.15) is 0 Å². The molecule has 1 heteroatoms. The number of hydrogen-bond acceptors (Lipinski definition) is 0. The third kappa shape index (κ3) is 1.54. The van der Waals surface area contributed by atoms with E-state index in [1.54, 1.807) is 0 Å². The average molecular weight is 409 g/mol. The molecule has 0 bridgehead atoms. The van der Waals surface area contributed by atoms with Crippen LogP contribution in [-0.2, 0) is 27.5 Å². The minimum atomic E-state index is 0.